The van der Waals surface area contributed by atoms with Crippen molar-refractivity contribution in [2.45, 2.75) is 13.5 Å². The molecule has 0 bridgehead atoms. The van der Waals surface area contributed by atoms with Crippen LogP contribution < -0.4 is 10.2 Å². The van der Waals surface area contributed by atoms with Gasteiger partial charge >= 0.3 is 0 Å². The molecule has 0 spiro atoms. The molecule has 1 fully saturated rings. The Balaban J connectivity index is 1.40. The van der Waals surface area contributed by atoms with Crippen LogP contribution in [0, 0.1) is 0 Å². The quantitative estimate of drug-likeness (QED) is 0.501. The highest BCUT2D eigenvalue weighted by atomic mass is 16.5. The molecule has 0 unspecified atom stereocenters. The minimum Gasteiger partial charge on any atom is -0.506 e. The van der Waals surface area contributed by atoms with Crippen molar-refractivity contribution in [3.05, 3.63) is 66.4 Å². The predicted octanol–water partition coefficient (Wildman–Crippen LogP) is 3.33. The first kappa shape index (κ1) is 19.8. The van der Waals surface area contributed by atoms with Gasteiger partial charge in [0.05, 0.1) is 12.2 Å². The maximum Gasteiger partial charge on any atom is 0.194 e. The first-order chi connectivity index (χ1) is 14.7. The van der Waals surface area contributed by atoms with E-state index in [1.54, 1.807) is 6.07 Å². The van der Waals surface area contributed by atoms with Gasteiger partial charge in [0, 0.05) is 44.4 Å². The molecule has 2 aromatic carbocycles. The third kappa shape index (κ3) is 4.56. The van der Waals surface area contributed by atoms with Crippen molar-refractivity contribution in [3.8, 4) is 17.1 Å². The number of aromatic hydroxyl groups is 1. The second kappa shape index (κ2) is 9.35. The van der Waals surface area contributed by atoms with E-state index in [2.05, 4.69) is 27.2 Å². The fraction of sp³-hybridized carbons (Fsp3) is 0.304. The van der Waals surface area contributed by atoms with Crippen molar-refractivity contribution in [3.63, 3.8) is 0 Å². The smallest absolute Gasteiger partial charge is 0.194 e. The number of para-hydroxylation sites is 2. The van der Waals surface area contributed by atoms with E-state index in [-0.39, 0.29) is 0 Å². The van der Waals surface area contributed by atoms with E-state index in [1.807, 2.05) is 54.6 Å². The number of guanidine groups is 1. The van der Waals surface area contributed by atoms with E-state index in [9.17, 15) is 5.11 Å². The summed E-state index contributed by atoms with van der Waals surface area (Å²) in [5, 5.41) is 17.7. The Morgan fingerprint density at radius 1 is 1.07 bits per heavy atom. The van der Waals surface area contributed by atoms with E-state index < -0.39 is 0 Å². The van der Waals surface area contributed by atoms with Gasteiger partial charge in [0.25, 0.3) is 0 Å². The van der Waals surface area contributed by atoms with Gasteiger partial charge in [-0.2, -0.15) is 0 Å². The highest BCUT2D eigenvalue weighted by molar-refractivity contribution is 5.80. The van der Waals surface area contributed by atoms with Gasteiger partial charge in [0.15, 0.2) is 11.7 Å². The van der Waals surface area contributed by atoms with Crippen molar-refractivity contribution in [1.29, 1.82) is 0 Å². The van der Waals surface area contributed by atoms with Gasteiger partial charge in [-0.25, -0.2) is 4.99 Å². The summed E-state index contributed by atoms with van der Waals surface area (Å²) in [5.41, 5.74) is 2.69. The zero-order valence-electron chi connectivity index (χ0n) is 17.2. The average Bonchev–Trinajstić information content (AvgIpc) is 3.27. The van der Waals surface area contributed by atoms with Crippen LogP contribution in [-0.2, 0) is 6.54 Å². The Labute approximate surface area is 176 Å². The van der Waals surface area contributed by atoms with Gasteiger partial charge in [0.1, 0.15) is 11.4 Å². The van der Waals surface area contributed by atoms with Crippen LogP contribution >= 0.6 is 0 Å². The van der Waals surface area contributed by atoms with Crippen LogP contribution in [0.2, 0.25) is 0 Å². The molecule has 1 aliphatic rings. The first-order valence-corrected chi connectivity index (χ1v) is 10.3. The molecule has 7 heteroatoms. The second-order valence-electron chi connectivity index (χ2n) is 7.18. The predicted molar refractivity (Wildman–Crippen MR) is 119 cm³/mol. The zero-order valence-corrected chi connectivity index (χ0v) is 17.2. The molecule has 0 atom stereocenters. The lowest BCUT2D eigenvalue weighted by molar-refractivity contribution is 0.369. The Morgan fingerprint density at radius 2 is 1.80 bits per heavy atom. The summed E-state index contributed by atoms with van der Waals surface area (Å²) in [5.74, 6) is 1.95. The number of rotatable bonds is 5. The molecule has 30 heavy (non-hydrogen) atoms. The fourth-order valence-corrected chi connectivity index (χ4v) is 3.60. The maximum absolute atomic E-state index is 10.1. The molecule has 0 aliphatic carbocycles. The topological polar surface area (TPSA) is 77.1 Å². The number of phenols is 1. The minimum absolute atomic E-state index is 0.326. The lowest BCUT2D eigenvalue weighted by atomic mass is 10.2. The number of piperazine rings is 1. The third-order valence-corrected chi connectivity index (χ3v) is 5.14. The summed E-state index contributed by atoms with van der Waals surface area (Å²) in [7, 11) is 0. The molecule has 1 saturated heterocycles. The number of hydrogen-bond donors (Lipinski definition) is 2. The van der Waals surface area contributed by atoms with Gasteiger partial charge in [-0.1, -0.05) is 47.6 Å². The third-order valence-electron chi connectivity index (χ3n) is 5.14. The van der Waals surface area contributed by atoms with Crippen LogP contribution in [0.3, 0.4) is 0 Å². The fourth-order valence-electron chi connectivity index (χ4n) is 3.60. The average molecular weight is 406 g/mol. The van der Waals surface area contributed by atoms with Gasteiger partial charge < -0.3 is 24.7 Å². The van der Waals surface area contributed by atoms with Crippen LogP contribution in [0.25, 0.3) is 11.3 Å². The molecule has 3 aromatic rings. The van der Waals surface area contributed by atoms with Crippen LogP contribution in [-0.4, -0.2) is 53.8 Å². The molecule has 4 rings (SSSR count). The number of nitrogens with one attached hydrogen (secondary N) is 1. The van der Waals surface area contributed by atoms with Crippen LogP contribution in [0.4, 0.5) is 5.69 Å². The summed E-state index contributed by atoms with van der Waals surface area (Å²) in [6.07, 6.45) is 0. The number of aromatic nitrogens is 1. The molecular formula is C23H27N5O2. The van der Waals surface area contributed by atoms with Crippen molar-refractivity contribution in [1.82, 2.24) is 15.4 Å². The molecular weight excluding hydrogens is 378 g/mol. The van der Waals surface area contributed by atoms with E-state index in [1.165, 1.54) is 0 Å². The molecule has 7 nitrogen and oxygen atoms in total. The van der Waals surface area contributed by atoms with Crippen LogP contribution in [0.5, 0.6) is 5.75 Å². The Bertz CT molecular complexity index is 978. The zero-order chi connectivity index (χ0) is 20.8. The molecule has 0 saturated carbocycles. The summed E-state index contributed by atoms with van der Waals surface area (Å²) < 4.78 is 5.48. The Kier molecular flexibility index (Phi) is 6.17. The number of anilines is 1. The largest absolute Gasteiger partial charge is 0.506 e. The number of hydrogen-bond acceptors (Lipinski definition) is 5. The highest BCUT2D eigenvalue weighted by Crippen LogP contribution is 2.27. The summed E-state index contributed by atoms with van der Waals surface area (Å²) in [4.78, 5) is 9.23. The molecule has 2 N–H and O–H groups in total. The Hall–Kier alpha value is -3.48. The maximum atomic E-state index is 10.1. The lowest BCUT2D eigenvalue weighted by Gasteiger charge is -2.37. The molecule has 0 radical (unpaired) electrons. The lowest BCUT2D eigenvalue weighted by Crippen LogP contribution is -2.52. The van der Waals surface area contributed by atoms with Gasteiger partial charge in [-0.15, -0.1) is 0 Å². The number of nitrogens with zero attached hydrogens (tertiary/aromatic N) is 4. The summed E-state index contributed by atoms with van der Waals surface area (Å²) >= 11 is 0. The SMILES string of the molecule is CCNC(=NCc1cc(-c2ccccc2)on1)N1CCN(c2ccccc2O)CC1. The minimum atomic E-state index is 0.326. The van der Waals surface area contributed by atoms with E-state index >= 15 is 0 Å². The summed E-state index contributed by atoms with van der Waals surface area (Å²) in [6.45, 7) is 6.62. The second-order valence-corrected chi connectivity index (χ2v) is 7.18. The Morgan fingerprint density at radius 3 is 2.53 bits per heavy atom. The monoisotopic (exact) mass is 405 g/mol. The molecule has 1 aliphatic heterocycles. The van der Waals surface area contributed by atoms with Crippen LogP contribution in [0.15, 0.2) is 70.2 Å². The first-order valence-electron chi connectivity index (χ1n) is 10.3. The normalized spacial score (nSPS) is 14.8. The standard InChI is InChI=1S/C23H27N5O2/c1-2-24-23(25-17-19-16-22(30-26-19)18-8-4-3-5-9-18)28-14-12-27(13-15-28)20-10-6-7-11-21(20)29/h3-11,16,29H,2,12-15,17H2,1H3,(H,24,25). The van der Waals surface area contributed by atoms with Crippen LogP contribution in [0.1, 0.15) is 12.6 Å². The highest BCUT2D eigenvalue weighted by Gasteiger charge is 2.21. The summed E-state index contributed by atoms with van der Waals surface area (Å²) in [6, 6.07) is 19.4. The number of aliphatic imine (C=N–C) groups is 1. The number of benzene rings is 2. The van der Waals surface area contributed by atoms with E-state index in [0.29, 0.717) is 12.3 Å². The van der Waals surface area contributed by atoms with Gasteiger partial charge in [0.2, 0.25) is 0 Å². The van der Waals surface area contributed by atoms with Crippen molar-refractivity contribution < 1.29 is 9.63 Å². The van der Waals surface area contributed by atoms with E-state index in [4.69, 9.17) is 9.52 Å². The molecule has 2 heterocycles. The van der Waals surface area contributed by atoms with Crippen molar-refractivity contribution in [2.24, 2.45) is 4.99 Å². The van der Waals surface area contributed by atoms with Gasteiger partial charge in [-0.05, 0) is 19.1 Å². The van der Waals surface area contributed by atoms with Gasteiger partial charge in [-0.3, -0.25) is 0 Å². The van der Waals surface area contributed by atoms with E-state index in [0.717, 1.165) is 61.4 Å². The molecule has 1 aromatic heterocycles. The van der Waals surface area contributed by atoms with Crippen molar-refractivity contribution in [2.75, 3.05) is 37.6 Å². The molecule has 0 amide bonds. The number of phenolic OH excluding ortho intramolecular Hbond substituents is 1. The molecule has 156 valence electrons. The van der Waals surface area contributed by atoms with Crippen molar-refractivity contribution >= 4 is 11.6 Å².